The Labute approximate surface area is 311 Å². The van der Waals surface area contributed by atoms with E-state index in [1.54, 1.807) is 0 Å². The van der Waals surface area contributed by atoms with Gasteiger partial charge in [-0.25, -0.2) is 9.78 Å². The highest BCUT2D eigenvalue weighted by Gasteiger charge is 2.70. The van der Waals surface area contributed by atoms with Crippen molar-refractivity contribution in [3.63, 3.8) is 0 Å². The maximum atomic E-state index is 12.5. The van der Waals surface area contributed by atoms with E-state index in [0.717, 1.165) is 70.6 Å². The van der Waals surface area contributed by atoms with Crippen molar-refractivity contribution < 1.29 is 43.8 Å². The highest BCUT2D eigenvalue weighted by Crippen LogP contribution is 2.69. The van der Waals surface area contributed by atoms with Crippen LogP contribution in [0.1, 0.15) is 138 Å². The van der Waals surface area contributed by atoms with Crippen LogP contribution in [0.4, 0.5) is 0 Å². The Morgan fingerprint density at radius 1 is 0.865 bits per heavy atom. The van der Waals surface area contributed by atoms with Gasteiger partial charge < -0.3 is 29.7 Å². The molecule has 9 aliphatic rings. The molecule has 19 atom stereocenters. The van der Waals surface area contributed by atoms with Crippen LogP contribution in [0.5, 0.6) is 0 Å². The van der Waals surface area contributed by atoms with Gasteiger partial charge in [-0.2, -0.15) is 0 Å². The van der Waals surface area contributed by atoms with E-state index in [4.69, 9.17) is 24.0 Å². The van der Waals surface area contributed by atoms with Gasteiger partial charge in [-0.05, 0) is 149 Å². The molecule has 4 aliphatic heterocycles. The summed E-state index contributed by atoms with van der Waals surface area (Å²) in [4.78, 5) is 36.1. The van der Waals surface area contributed by atoms with E-state index in [9.17, 15) is 19.8 Å². The molecule has 10 nitrogen and oxygen atoms in total. The Bertz CT molecular complexity index is 1380. The minimum Gasteiger partial charge on any atom is -0.480 e. The van der Waals surface area contributed by atoms with E-state index in [-0.39, 0.29) is 47.1 Å². The van der Waals surface area contributed by atoms with Crippen LogP contribution in [-0.4, -0.2) is 64.3 Å². The number of aliphatic hydroxyl groups excluding tert-OH is 1. The average molecular weight is 730 g/mol. The van der Waals surface area contributed by atoms with Crippen LogP contribution in [0, 0.1) is 70.0 Å². The molecular formula is C42H67NO9. The van der Waals surface area contributed by atoms with Crippen molar-refractivity contribution in [1.29, 1.82) is 0 Å². The molecule has 0 aromatic rings. The molecule has 9 rings (SSSR count). The molecular weight excluding hydrogens is 662 g/mol. The molecule has 9 fully saturated rings. The van der Waals surface area contributed by atoms with Crippen LogP contribution in [0.15, 0.2) is 0 Å². The molecule has 1 amide bonds. The number of carbonyl (C=O) groups is 2. The topological polar surface area (TPSA) is 133 Å². The first kappa shape index (κ1) is 37.6. The minimum atomic E-state index is -1.01. The van der Waals surface area contributed by atoms with Gasteiger partial charge in [-0.1, -0.05) is 34.6 Å². The highest BCUT2D eigenvalue weighted by atomic mass is 17.3. The van der Waals surface area contributed by atoms with Crippen molar-refractivity contribution in [3.8, 4) is 0 Å². The number of aliphatic hydroxyl groups is 1. The second-order valence-corrected chi connectivity index (χ2v) is 20.0. The predicted octanol–water partition coefficient (Wildman–Crippen LogP) is 7.21. The first-order valence-corrected chi connectivity index (χ1v) is 21.2. The summed E-state index contributed by atoms with van der Waals surface area (Å²) < 4.78 is 20.5. The lowest BCUT2D eigenvalue weighted by atomic mass is 9.43. The van der Waals surface area contributed by atoms with Gasteiger partial charge in [0.15, 0.2) is 18.2 Å². The van der Waals surface area contributed by atoms with Crippen LogP contribution >= 0.6 is 0 Å². The Balaban J connectivity index is 0.918. The number of rotatable bonds is 8. The molecule has 10 heteroatoms. The van der Waals surface area contributed by atoms with E-state index in [2.05, 4.69) is 39.9 Å². The first-order chi connectivity index (χ1) is 24.6. The van der Waals surface area contributed by atoms with E-state index in [1.165, 1.54) is 19.8 Å². The molecule has 0 aromatic carbocycles. The number of fused-ring (bicyclic) bond motifs is 7. The Morgan fingerprint density at radius 3 is 2.35 bits per heavy atom. The lowest BCUT2D eigenvalue weighted by Crippen LogP contribution is -2.70. The molecule has 0 radical (unpaired) electrons. The number of amides is 1. The number of aliphatic carboxylic acids is 1. The fourth-order valence-corrected chi connectivity index (χ4v) is 14.4. The fourth-order valence-electron chi connectivity index (χ4n) is 14.4. The summed E-state index contributed by atoms with van der Waals surface area (Å²) in [7, 11) is 0. The Hall–Kier alpha value is -1.30. The number of hydrogen-bond acceptors (Lipinski definition) is 8. The summed E-state index contributed by atoms with van der Waals surface area (Å²) in [6.45, 7) is 15.4. The van der Waals surface area contributed by atoms with E-state index in [1.807, 2.05) is 6.92 Å². The third-order valence-corrected chi connectivity index (χ3v) is 17.4. The third-order valence-electron chi connectivity index (χ3n) is 17.4. The molecule has 4 saturated heterocycles. The molecule has 10 unspecified atom stereocenters. The molecule has 5 saturated carbocycles. The quantitative estimate of drug-likeness (QED) is 0.175. The lowest BCUT2D eigenvalue weighted by Gasteiger charge is -2.63. The van der Waals surface area contributed by atoms with Gasteiger partial charge in [-0.3, -0.25) is 9.59 Å². The summed E-state index contributed by atoms with van der Waals surface area (Å²) >= 11 is 0. The van der Waals surface area contributed by atoms with Gasteiger partial charge in [0, 0.05) is 24.7 Å². The van der Waals surface area contributed by atoms with Crippen molar-refractivity contribution >= 4 is 11.9 Å². The third kappa shape index (κ3) is 5.84. The molecule has 294 valence electrons. The van der Waals surface area contributed by atoms with Crippen molar-refractivity contribution in [2.45, 2.75) is 181 Å². The largest absolute Gasteiger partial charge is 0.480 e. The zero-order valence-electron chi connectivity index (χ0n) is 32.8. The predicted molar refractivity (Wildman–Crippen MR) is 192 cm³/mol. The SMILES string of the molecule is CC(NC(=O)CC[C@@H](C)[C@H]1CCC2C3C(O)CC4C[C@H](OC5OC6O[C@]7(C)CCC8[C@H](C)CCC([C@H]5C)[C@@]68OO7)CC[C@]4(C)C3CC[C@@]21C)C(=O)O. The monoisotopic (exact) mass is 729 g/mol. The Morgan fingerprint density at radius 2 is 1.58 bits per heavy atom. The lowest BCUT2D eigenvalue weighted by molar-refractivity contribution is -0.578. The van der Waals surface area contributed by atoms with Gasteiger partial charge in [0.25, 0.3) is 0 Å². The summed E-state index contributed by atoms with van der Waals surface area (Å²) in [6.07, 6.45) is 12.7. The van der Waals surface area contributed by atoms with Crippen molar-refractivity contribution in [1.82, 2.24) is 5.32 Å². The summed E-state index contributed by atoms with van der Waals surface area (Å²) in [6, 6.07) is -0.869. The maximum Gasteiger partial charge on any atom is 0.325 e. The fraction of sp³-hybridized carbons (Fsp3) is 0.952. The number of carboxylic acid groups (broad SMARTS) is 1. The van der Waals surface area contributed by atoms with Crippen LogP contribution in [0.25, 0.3) is 0 Å². The van der Waals surface area contributed by atoms with Gasteiger partial charge in [-0.15, -0.1) is 0 Å². The number of carboxylic acids is 1. The van der Waals surface area contributed by atoms with E-state index in [0.29, 0.717) is 53.8 Å². The van der Waals surface area contributed by atoms with E-state index >= 15 is 0 Å². The molecule has 4 heterocycles. The van der Waals surface area contributed by atoms with Crippen molar-refractivity contribution in [2.75, 3.05) is 0 Å². The summed E-state index contributed by atoms with van der Waals surface area (Å²) in [5, 5.41) is 23.9. The van der Waals surface area contributed by atoms with Gasteiger partial charge in [0.2, 0.25) is 11.7 Å². The molecule has 0 aromatic heterocycles. The standard InChI is InChI=1S/C42H67NO9/c1-22(9-13-34(45)43-25(4)36(46)47)28-11-12-31-35-32(15-18-40(28,31)6)39(5)17-14-27(20-26(39)21-33(35)44)48-37-24(3)30-10-8-23(2)29-16-19-41(7)50-38(49-37)42(29,30)52-51-41/h22-33,35,37-38,44H,8-21H2,1-7H3,(H,43,45)(H,46,47)/t22-,23-,24-,25?,26?,27-,28-,29?,30?,31?,32?,33?,35?,37?,38?,39+,40-,41+,42-/m1/s1. The second kappa shape index (κ2) is 13.4. The number of ether oxygens (including phenoxy) is 3. The zero-order valence-corrected chi connectivity index (χ0v) is 32.8. The molecule has 1 spiro atoms. The van der Waals surface area contributed by atoms with Gasteiger partial charge >= 0.3 is 5.97 Å². The molecule has 2 bridgehead atoms. The number of nitrogens with one attached hydrogen (secondary N) is 1. The van der Waals surface area contributed by atoms with Crippen LogP contribution in [-0.2, 0) is 33.6 Å². The number of hydrogen-bond donors (Lipinski definition) is 3. The minimum absolute atomic E-state index is 0.0959. The van der Waals surface area contributed by atoms with Crippen molar-refractivity contribution in [3.05, 3.63) is 0 Å². The average Bonchev–Trinajstić information content (AvgIpc) is 3.29. The smallest absolute Gasteiger partial charge is 0.325 e. The highest BCUT2D eigenvalue weighted by molar-refractivity contribution is 5.83. The van der Waals surface area contributed by atoms with Gasteiger partial charge in [0.1, 0.15) is 6.04 Å². The number of carbonyl (C=O) groups excluding carboxylic acids is 1. The first-order valence-electron chi connectivity index (χ1n) is 21.2. The molecule has 5 aliphatic carbocycles. The van der Waals surface area contributed by atoms with Gasteiger partial charge in [0.05, 0.1) is 12.2 Å². The van der Waals surface area contributed by atoms with Crippen LogP contribution in [0.2, 0.25) is 0 Å². The van der Waals surface area contributed by atoms with Crippen molar-refractivity contribution in [2.24, 2.45) is 70.0 Å². The van der Waals surface area contributed by atoms with E-state index < -0.39 is 29.7 Å². The maximum absolute atomic E-state index is 12.5. The summed E-state index contributed by atoms with van der Waals surface area (Å²) in [5.41, 5.74) is -0.238. The molecule has 52 heavy (non-hydrogen) atoms. The van der Waals surface area contributed by atoms with Crippen LogP contribution < -0.4 is 5.32 Å². The zero-order chi connectivity index (χ0) is 37.0. The molecule has 3 N–H and O–H groups in total. The normalized spacial score (nSPS) is 53.3. The Kier molecular flexibility index (Phi) is 9.71. The second-order valence-electron chi connectivity index (χ2n) is 20.0. The summed E-state index contributed by atoms with van der Waals surface area (Å²) in [5.74, 6) is 1.92. The van der Waals surface area contributed by atoms with Crippen LogP contribution in [0.3, 0.4) is 0 Å².